The van der Waals surface area contributed by atoms with Gasteiger partial charge in [0, 0.05) is 49.2 Å². The summed E-state index contributed by atoms with van der Waals surface area (Å²) in [6.45, 7) is 3.40. The van der Waals surface area contributed by atoms with Crippen molar-refractivity contribution >= 4 is 21.6 Å². The summed E-state index contributed by atoms with van der Waals surface area (Å²) in [5, 5.41) is 4.81. The molecule has 6 rings (SSSR count). The van der Waals surface area contributed by atoms with E-state index in [4.69, 9.17) is 11.6 Å². The first-order chi connectivity index (χ1) is 16.4. The Morgan fingerprint density at radius 2 is 1.94 bits per heavy atom. The first-order valence-electron chi connectivity index (χ1n) is 12.0. The van der Waals surface area contributed by atoms with E-state index < -0.39 is 10.0 Å². The van der Waals surface area contributed by atoms with Gasteiger partial charge in [0.1, 0.15) is 4.90 Å². The maximum atomic E-state index is 12.9. The van der Waals surface area contributed by atoms with Crippen molar-refractivity contribution < 1.29 is 8.42 Å². The molecule has 178 valence electrons. The van der Waals surface area contributed by atoms with Crippen LogP contribution in [-0.4, -0.2) is 59.6 Å². The number of rotatable bonds is 6. The van der Waals surface area contributed by atoms with Gasteiger partial charge in [-0.3, -0.25) is 9.58 Å². The fraction of sp³-hybridized carbons (Fsp3) is 0.423. The molecule has 2 unspecified atom stereocenters. The van der Waals surface area contributed by atoms with Crippen molar-refractivity contribution in [3.8, 4) is 0 Å². The summed E-state index contributed by atoms with van der Waals surface area (Å²) >= 11 is 6.29. The number of hydrogen-bond donors (Lipinski definition) is 0. The van der Waals surface area contributed by atoms with Crippen molar-refractivity contribution in [2.24, 2.45) is 7.05 Å². The fourth-order valence-electron chi connectivity index (χ4n) is 5.72. The summed E-state index contributed by atoms with van der Waals surface area (Å²) in [5.41, 5.74) is 5.39. The summed E-state index contributed by atoms with van der Waals surface area (Å²) < 4.78 is 28.9. The molecule has 1 aromatic heterocycles. The molecule has 2 aromatic carbocycles. The van der Waals surface area contributed by atoms with Gasteiger partial charge in [0.25, 0.3) is 0 Å². The van der Waals surface area contributed by atoms with Crippen LogP contribution in [0.4, 0.5) is 0 Å². The molecule has 1 aliphatic carbocycles. The molecule has 2 saturated heterocycles. The monoisotopic (exact) mass is 496 g/mol. The van der Waals surface area contributed by atoms with Gasteiger partial charge in [0.05, 0.1) is 6.20 Å². The minimum Gasteiger partial charge on any atom is -0.299 e. The number of fused-ring (bicyclic) bond motifs is 1. The minimum atomic E-state index is -3.47. The van der Waals surface area contributed by atoms with Gasteiger partial charge in [-0.1, -0.05) is 41.9 Å². The van der Waals surface area contributed by atoms with E-state index in [1.165, 1.54) is 52.6 Å². The van der Waals surface area contributed by atoms with E-state index in [1.54, 1.807) is 17.5 Å². The number of sulfonamides is 1. The Morgan fingerprint density at radius 1 is 1.12 bits per heavy atom. The van der Waals surface area contributed by atoms with E-state index in [2.05, 4.69) is 40.3 Å². The molecule has 8 heteroatoms. The van der Waals surface area contributed by atoms with Gasteiger partial charge in [0.15, 0.2) is 0 Å². The molecule has 0 bridgehead atoms. The Bertz CT molecular complexity index is 1330. The van der Waals surface area contributed by atoms with Gasteiger partial charge < -0.3 is 0 Å². The van der Waals surface area contributed by atoms with E-state index in [9.17, 15) is 8.42 Å². The van der Waals surface area contributed by atoms with E-state index in [0.717, 1.165) is 17.9 Å². The zero-order chi connectivity index (χ0) is 23.4. The topological polar surface area (TPSA) is 58.4 Å². The van der Waals surface area contributed by atoms with E-state index >= 15 is 0 Å². The molecule has 0 amide bonds. The number of halogens is 1. The lowest BCUT2D eigenvalue weighted by Gasteiger charge is -2.40. The normalized spacial score (nSPS) is 23.5. The quantitative estimate of drug-likeness (QED) is 0.520. The Balaban J connectivity index is 1.23. The lowest BCUT2D eigenvalue weighted by Crippen LogP contribution is -2.48. The first kappa shape index (κ1) is 22.3. The molecule has 0 saturated carbocycles. The number of nitrogens with zero attached hydrogens (tertiary/aromatic N) is 4. The van der Waals surface area contributed by atoms with Gasteiger partial charge >= 0.3 is 0 Å². The van der Waals surface area contributed by atoms with E-state index in [-0.39, 0.29) is 10.8 Å². The third-order valence-corrected chi connectivity index (χ3v) is 9.83. The predicted molar refractivity (Wildman–Crippen MR) is 133 cm³/mol. The largest absolute Gasteiger partial charge is 0.299 e. The Morgan fingerprint density at radius 3 is 2.62 bits per heavy atom. The maximum Gasteiger partial charge on any atom is 0.246 e. The van der Waals surface area contributed by atoms with Crippen molar-refractivity contribution in [2.45, 2.75) is 42.0 Å². The van der Waals surface area contributed by atoms with Gasteiger partial charge in [-0.2, -0.15) is 9.40 Å². The minimum absolute atomic E-state index is 0.228. The van der Waals surface area contributed by atoms with Crippen LogP contribution in [0.5, 0.6) is 0 Å². The van der Waals surface area contributed by atoms with Crippen molar-refractivity contribution in [1.29, 1.82) is 0 Å². The highest BCUT2D eigenvalue weighted by atomic mass is 35.5. The number of aryl methyl sites for hydroxylation is 1. The van der Waals surface area contributed by atoms with Crippen LogP contribution in [-0.2, 0) is 29.9 Å². The lowest BCUT2D eigenvalue weighted by atomic mass is 9.86. The Kier molecular flexibility index (Phi) is 5.56. The molecule has 0 radical (unpaired) electrons. The van der Waals surface area contributed by atoms with Gasteiger partial charge in [-0.15, -0.1) is 0 Å². The molecule has 0 spiro atoms. The smallest absolute Gasteiger partial charge is 0.246 e. The third kappa shape index (κ3) is 3.88. The zero-order valence-corrected chi connectivity index (χ0v) is 20.8. The van der Waals surface area contributed by atoms with Crippen molar-refractivity contribution in [2.75, 3.05) is 26.2 Å². The number of hydrogen-bond acceptors (Lipinski definition) is 4. The molecular weight excluding hydrogens is 468 g/mol. The Hall–Kier alpha value is -2.19. The van der Waals surface area contributed by atoms with Crippen LogP contribution in [0, 0.1) is 0 Å². The van der Waals surface area contributed by atoms with Gasteiger partial charge in [-0.25, -0.2) is 8.42 Å². The standard InChI is InChI=1S/C26H29ClN4O2S/c1-29-17-23(14-28-29)34(32,33)31-15-21(16-31)19-6-7-20-13-26(30-8-3-9-30)25(24(20)12-19)11-18-4-2-5-22(27)10-18/h2,4-7,10,12,14,17,21,25-26H,3,8-9,11,13,15-16H2,1H3. The average molecular weight is 497 g/mol. The zero-order valence-electron chi connectivity index (χ0n) is 19.3. The average Bonchev–Trinajstić information content (AvgIpc) is 3.30. The predicted octanol–water partition coefficient (Wildman–Crippen LogP) is 3.82. The third-order valence-electron chi connectivity index (χ3n) is 7.81. The first-order valence-corrected chi connectivity index (χ1v) is 13.8. The molecule has 2 atom stereocenters. The van der Waals surface area contributed by atoms with Crippen LogP contribution in [0.25, 0.3) is 0 Å². The summed E-state index contributed by atoms with van der Waals surface area (Å²) in [6, 6.07) is 15.6. The number of aromatic nitrogens is 2. The van der Waals surface area contributed by atoms with Gasteiger partial charge in [0.2, 0.25) is 10.0 Å². The number of likely N-dealkylation sites (tertiary alicyclic amines) is 1. The fourth-order valence-corrected chi connectivity index (χ4v) is 7.45. The summed E-state index contributed by atoms with van der Waals surface area (Å²) in [5.74, 6) is 0.663. The van der Waals surface area contributed by atoms with E-state index in [1.807, 2.05) is 12.1 Å². The van der Waals surface area contributed by atoms with Crippen molar-refractivity contribution in [3.63, 3.8) is 0 Å². The SMILES string of the molecule is Cn1cc(S(=O)(=O)N2CC(c3ccc4c(c3)C(Cc3cccc(Cl)c3)C(N3CCC3)C4)C2)cn1. The van der Waals surface area contributed by atoms with E-state index in [0.29, 0.717) is 25.0 Å². The highest BCUT2D eigenvalue weighted by molar-refractivity contribution is 7.89. The summed E-state index contributed by atoms with van der Waals surface area (Å²) in [7, 11) is -1.74. The molecule has 3 aliphatic rings. The Labute approximate surface area is 206 Å². The van der Waals surface area contributed by atoms with Crippen LogP contribution in [0.2, 0.25) is 5.02 Å². The van der Waals surface area contributed by atoms with Crippen molar-refractivity contribution in [3.05, 3.63) is 82.1 Å². The number of benzene rings is 2. The van der Waals surface area contributed by atoms with Gasteiger partial charge in [-0.05, 0) is 66.7 Å². The molecule has 6 nitrogen and oxygen atoms in total. The van der Waals surface area contributed by atoms with Crippen LogP contribution in [0.15, 0.2) is 59.8 Å². The molecule has 2 aliphatic heterocycles. The lowest BCUT2D eigenvalue weighted by molar-refractivity contribution is 0.106. The van der Waals surface area contributed by atoms with Crippen LogP contribution in [0.1, 0.15) is 40.5 Å². The second-order valence-electron chi connectivity index (χ2n) is 9.93. The maximum absolute atomic E-state index is 12.9. The summed E-state index contributed by atoms with van der Waals surface area (Å²) in [4.78, 5) is 2.89. The van der Waals surface area contributed by atoms with Crippen molar-refractivity contribution in [1.82, 2.24) is 19.0 Å². The molecule has 3 aromatic rings. The summed E-state index contributed by atoms with van der Waals surface area (Å²) in [6.07, 6.45) is 6.34. The van der Waals surface area contributed by atoms with Crippen LogP contribution >= 0.6 is 11.6 Å². The second kappa shape index (κ2) is 8.48. The highest BCUT2D eigenvalue weighted by Gasteiger charge is 2.41. The van der Waals surface area contributed by atoms with Crippen LogP contribution in [0.3, 0.4) is 0 Å². The molecule has 0 N–H and O–H groups in total. The highest BCUT2D eigenvalue weighted by Crippen LogP contribution is 2.42. The molecule has 3 heterocycles. The molecule has 2 fully saturated rings. The second-order valence-corrected chi connectivity index (χ2v) is 12.3. The molecular formula is C26H29ClN4O2S. The molecule has 34 heavy (non-hydrogen) atoms. The van der Waals surface area contributed by atoms with Crippen LogP contribution < -0.4 is 0 Å².